The lowest BCUT2D eigenvalue weighted by Crippen LogP contribution is -2.48. The molecular weight excluding hydrogens is 626 g/mol. The van der Waals surface area contributed by atoms with Crippen molar-refractivity contribution in [3.05, 3.63) is 77.0 Å². The highest BCUT2D eigenvalue weighted by Gasteiger charge is 2.43. The van der Waals surface area contributed by atoms with Crippen molar-refractivity contribution in [1.82, 2.24) is 14.9 Å². The van der Waals surface area contributed by atoms with Gasteiger partial charge < -0.3 is 24.0 Å². The number of anilines is 2. The molecule has 1 N–H and O–H groups in total. The normalized spacial score (nSPS) is 15.1. The molecule has 0 fully saturated rings. The summed E-state index contributed by atoms with van der Waals surface area (Å²) in [6, 6.07) is 13.9. The average Bonchev–Trinajstić information content (AvgIpc) is 3.10. The van der Waals surface area contributed by atoms with Crippen molar-refractivity contribution in [2.45, 2.75) is 85.5 Å². The van der Waals surface area contributed by atoms with Gasteiger partial charge in [-0.05, 0) is 79.2 Å². The van der Waals surface area contributed by atoms with Crippen LogP contribution in [0.25, 0.3) is 0 Å². The van der Waals surface area contributed by atoms with E-state index in [2.05, 4.69) is 27.1 Å². The van der Waals surface area contributed by atoms with Crippen LogP contribution in [0.1, 0.15) is 88.1 Å². The van der Waals surface area contributed by atoms with Gasteiger partial charge in [0, 0.05) is 29.4 Å². The summed E-state index contributed by atoms with van der Waals surface area (Å²) in [5, 5.41) is 2.50. The van der Waals surface area contributed by atoms with E-state index >= 15 is 0 Å². The monoisotopic (exact) mass is 669 g/mol. The van der Waals surface area contributed by atoms with Gasteiger partial charge in [0.25, 0.3) is 11.8 Å². The molecule has 1 aliphatic rings. The Morgan fingerprint density at radius 1 is 1.02 bits per heavy atom. The van der Waals surface area contributed by atoms with Gasteiger partial charge in [-0.3, -0.25) is 19.7 Å². The lowest BCUT2D eigenvalue weighted by atomic mass is 10.0. The summed E-state index contributed by atoms with van der Waals surface area (Å²) in [4.78, 5) is 65.1. The number of rotatable bonds is 9. The Labute approximate surface area is 287 Å². The van der Waals surface area contributed by atoms with E-state index in [4.69, 9.17) is 14.2 Å². The molecule has 0 radical (unpaired) electrons. The first kappa shape index (κ1) is 36.4. The van der Waals surface area contributed by atoms with Gasteiger partial charge in [0.2, 0.25) is 11.8 Å². The summed E-state index contributed by atoms with van der Waals surface area (Å²) in [5.41, 5.74) is 1.78. The summed E-state index contributed by atoms with van der Waals surface area (Å²) in [5.74, 6) is 5.05. The van der Waals surface area contributed by atoms with Crippen molar-refractivity contribution >= 4 is 35.5 Å². The second kappa shape index (κ2) is 15.6. The summed E-state index contributed by atoms with van der Waals surface area (Å²) in [7, 11) is 0. The van der Waals surface area contributed by atoms with Crippen molar-refractivity contribution in [1.29, 1.82) is 0 Å². The minimum absolute atomic E-state index is 0.0290. The van der Waals surface area contributed by atoms with Gasteiger partial charge >= 0.3 is 12.1 Å². The summed E-state index contributed by atoms with van der Waals surface area (Å²) < 4.78 is 16.2. The number of carbonyl (C=O) groups is 4. The van der Waals surface area contributed by atoms with Crippen LogP contribution in [-0.2, 0) is 19.1 Å². The Kier molecular flexibility index (Phi) is 11.6. The molecule has 0 bridgehead atoms. The highest BCUT2D eigenvalue weighted by Crippen LogP contribution is 2.38. The number of aromatic nitrogens is 2. The summed E-state index contributed by atoms with van der Waals surface area (Å²) in [6.45, 7) is 14.4. The first-order chi connectivity index (χ1) is 23.2. The van der Waals surface area contributed by atoms with E-state index in [1.54, 1.807) is 82.8 Å². The Morgan fingerprint density at radius 3 is 2.39 bits per heavy atom. The Bertz CT molecular complexity index is 1760. The van der Waals surface area contributed by atoms with E-state index in [-0.39, 0.29) is 49.0 Å². The molecule has 2 aromatic carbocycles. The molecule has 1 aromatic heterocycles. The fourth-order valence-corrected chi connectivity index (χ4v) is 5.42. The molecule has 2 unspecified atom stereocenters. The number of hydrogen-bond acceptors (Lipinski definition) is 9. The quantitative estimate of drug-likeness (QED) is 0.220. The third-order valence-electron chi connectivity index (χ3n) is 7.31. The number of nitrogens with zero attached hydrogens (tertiary/aromatic N) is 4. The van der Waals surface area contributed by atoms with Crippen LogP contribution in [-0.4, -0.2) is 69.6 Å². The molecule has 0 saturated heterocycles. The summed E-state index contributed by atoms with van der Waals surface area (Å²) >= 11 is 0. The molecule has 0 aliphatic carbocycles. The van der Waals surface area contributed by atoms with E-state index in [1.165, 1.54) is 4.90 Å². The zero-order valence-electron chi connectivity index (χ0n) is 29.2. The van der Waals surface area contributed by atoms with Crippen molar-refractivity contribution in [3.63, 3.8) is 0 Å². The van der Waals surface area contributed by atoms with Crippen LogP contribution in [0, 0.1) is 18.8 Å². The third kappa shape index (κ3) is 9.34. The van der Waals surface area contributed by atoms with E-state index in [1.807, 2.05) is 32.0 Å². The average molecular weight is 670 g/mol. The maximum Gasteiger partial charge on any atom is 0.414 e. The zero-order valence-corrected chi connectivity index (χ0v) is 29.2. The largest absolute Gasteiger partial charge is 0.466 e. The van der Waals surface area contributed by atoms with Gasteiger partial charge in [0.05, 0.1) is 24.3 Å². The van der Waals surface area contributed by atoms with E-state index < -0.39 is 35.7 Å². The molecule has 49 heavy (non-hydrogen) atoms. The molecule has 0 saturated carbocycles. The number of esters is 1. The minimum atomic E-state index is -0.970. The van der Waals surface area contributed by atoms with Crippen LogP contribution in [0.15, 0.2) is 54.6 Å². The van der Waals surface area contributed by atoms with E-state index in [0.29, 0.717) is 22.5 Å². The van der Waals surface area contributed by atoms with Gasteiger partial charge in [-0.2, -0.15) is 4.98 Å². The molecule has 12 heteroatoms. The number of benzene rings is 2. The molecule has 2 atom stereocenters. The van der Waals surface area contributed by atoms with E-state index in [9.17, 15) is 19.2 Å². The number of nitrogens with one attached hydrogen (secondary N) is 1. The molecule has 2 heterocycles. The van der Waals surface area contributed by atoms with Crippen LogP contribution in [0.3, 0.4) is 0 Å². The third-order valence-corrected chi connectivity index (χ3v) is 7.31. The van der Waals surface area contributed by atoms with Crippen molar-refractivity contribution < 1.29 is 33.4 Å². The van der Waals surface area contributed by atoms with Crippen molar-refractivity contribution in [2.75, 3.05) is 23.4 Å². The molecular formula is C37H43N5O7. The number of fused-ring (bicyclic) bond motifs is 1. The highest BCUT2D eigenvalue weighted by molar-refractivity contribution is 6.11. The molecule has 258 valence electrons. The molecule has 4 rings (SSSR count). The first-order valence-electron chi connectivity index (χ1n) is 16.2. The second-order valence-corrected chi connectivity index (χ2v) is 12.8. The molecule has 0 spiro atoms. The number of aryl methyl sites for hydroxylation is 1. The Balaban J connectivity index is 1.63. The maximum atomic E-state index is 14.5. The fraction of sp³-hybridized carbons (Fsp3) is 0.405. The highest BCUT2D eigenvalue weighted by atomic mass is 16.6. The molecule has 12 nitrogen and oxygen atoms in total. The van der Waals surface area contributed by atoms with Gasteiger partial charge in [-0.15, -0.1) is 0 Å². The molecule has 3 aromatic rings. The predicted molar refractivity (Wildman–Crippen MR) is 184 cm³/mol. The topological polar surface area (TPSA) is 140 Å². The van der Waals surface area contributed by atoms with Gasteiger partial charge in [0.15, 0.2) is 6.61 Å². The van der Waals surface area contributed by atoms with Crippen LogP contribution in [0.5, 0.6) is 5.88 Å². The number of amides is 3. The fourth-order valence-electron chi connectivity index (χ4n) is 5.42. The SMILES string of the molecule is CCOC(=O)CC(C)N1C(=O)c2cc(C#CCOc3cc(C)nc(NC(=O)OC(C)(C)C)n3)ccc2N(C(C)C)C(=O)C1c1ccccc1. The van der Waals surface area contributed by atoms with Crippen LogP contribution < -0.4 is 15.0 Å². The first-order valence-corrected chi connectivity index (χ1v) is 16.2. The van der Waals surface area contributed by atoms with Gasteiger partial charge in [-0.25, -0.2) is 9.78 Å². The number of carbonyl (C=O) groups excluding carboxylic acids is 4. The smallest absolute Gasteiger partial charge is 0.414 e. The zero-order chi connectivity index (χ0) is 35.9. The lowest BCUT2D eigenvalue weighted by Gasteiger charge is -2.36. The lowest BCUT2D eigenvalue weighted by molar-refractivity contribution is -0.144. The van der Waals surface area contributed by atoms with E-state index in [0.717, 1.165) is 0 Å². The van der Waals surface area contributed by atoms with Crippen molar-refractivity contribution in [2.24, 2.45) is 0 Å². The predicted octanol–water partition coefficient (Wildman–Crippen LogP) is 5.84. The second-order valence-electron chi connectivity index (χ2n) is 12.8. The maximum absolute atomic E-state index is 14.5. The Morgan fingerprint density at radius 2 is 1.73 bits per heavy atom. The van der Waals surface area contributed by atoms with Crippen molar-refractivity contribution in [3.8, 4) is 17.7 Å². The molecule has 3 amide bonds. The number of ether oxygens (including phenoxy) is 3. The number of hydrogen-bond donors (Lipinski definition) is 1. The van der Waals surface area contributed by atoms with Gasteiger partial charge in [-0.1, -0.05) is 42.2 Å². The minimum Gasteiger partial charge on any atom is -0.466 e. The molecule has 1 aliphatic heterocycles. The van der Waals surface area contributed by atoms with Gasteiger partial charge in [0.1, 0.15) is 11.6 Å². The van der Waals surface area contributed by atoms with Crippen LogP contribution >= 0.6 is 0 Å². The standard InChI is InChI=1S/C37H43N5O7/c1-9-47-31(43)21-25(5)42-32(27-15-11-10-12-16-27)34(45)41(23(2)3)29-18-17-26(22-28(29)33(42)44)14-13-19-48-30-20-24(4)38-35(39-30)40-36(46)49-37(6,7)8/h10-12,15-18,20,22-23,25,32H,9,19,21H2,1-8H3,(H,38,39,40,46). The van der Waals surface area contributed by atoms with Crippen LogP contribution in [0.4, 0.5) is 16.4 Å². The van der Waals surface area contributed by atoms with Crippen LogP contribution in [0.2, 0.25) is 0 Å². The summed E-state index contributed by atoms with van der Waals surface area (Å²) in [6.07, 6.45) is -0.773. The Hall–Kier alpha value is -5.44.